The van der Waals surface area contributed by atoms with Crippen molar-refractivity contribution in [3.63, 3.8) is 0 Å². The van der Waals surface area contributed by atoms with E-state index < -0.39 is 0 Å². The smallest absolute Gasteiger partial charge is 0.181 e. The summed E-state index contributed by atoms with van der Waals surface area (Å²) in [6, 6.07) is 4.49. The van der Waals surface area contributed by atoms with Crippen molar-refractivity contribution in [3.8, 4) is 5.75 Å². The lowest BCUT2D eigenvalue weighted by atomic mass is 9.95. The first-order valence-electron chi connectivity index (χ1n) is 14.1. The van der Waals surface area contributed by atoms with Crippen LogP contribution in [-0.4, -0.2) is 47.1 Å². The molecule has 0 saturated carbocycles. The SMILES string of the molecule is C=c1sc(N)nc1=CC(=CC(C)CC)c1cc(C)c2c(c1)CN(c1nc(CN(C)C)nc(C)c1C(C)C)CCO2. The Hall–Kier alpha value is -3.23. The third-order valence-electron chi connectivity index (χ3n) is 7.29. The number of aryl methyl sites for hydroxylation is 2. The van der Waals surface area contributed by atoms with Crippen molar-refractivity contribution >= 4 is 40.5 Å². The predicted octanol–water partition coefficient (Wildman–Crippen LogP) is 5.04. The zero-order chi connectivity index (χ0) is 29.1. The van der Waals surface area contributed by atoms with Crippen LogP contribution >= 0.6 is 11.3 Å². The summed E-state index contributed by atoms with van der Waals surface area (Å²) in [6.07, 6.45) is 5.49. The molecule has 2 N–H and O–H groups in total. The first-order chi connectivity index (χ1) is 19.0. The molecular weight excluding hydrogens is 516 g/mol. The minimum Gasteiger partial charge on any atom is -0.491 e. The summed E-state index contributed by atoms with van der Waals surface area (Å²) in [5, 5.41) is 1.37. The van der Waals surface area contributed by atoms with Crippen LogP contribution in [-0.2, 0) is 13.1 Å². The molecule has 214 valence electrons. The minimum absolute atomic E-state index is 0.308. The lowest BCUT2D eigenvalue weighted by Crippen LogP contribution is -2.29. The number of hydrogen-bond acceptors (Lipinski definition) is 8. The Balaban J connectivity index is 1.83. The van der Waals surface area contributed by atoms with E-state index in [1.54, 1.807) is 0 Å². The number of hydrogen-bond donors (Lipinski definition) is 1. The fourth-order valence-corrected chi connectivity index (χ4v) is 5.85. The van der Waals surface area contributed by atoms with Gasteiger partial charge in [-0.2, -0.15) is 0 Å². The first kappa shape index (κ1) is 29.7. The lowest BCUT2D eigenvalue weighted by molar-refractivity contribution is 0.329. The fraction of sp³-hybridized carbons (Fsp3) is 0.469. The summed E-state index contributed by atoms with van der Waals surface area (Å²) in [5.74, 6) is 3.55. The normalized spacial score (nSPS) is 15.4. The van der Waals surface area contributed by atoms with Crippen LogP contribution in [0, 0.1) is 19.8 Å². The summed E-state index contributed by atoms with van der Waals surface area (Å²) in [7, 11) is 4.10. The molecule has 0 amide bonds. The molecule has 1 aliphatic rings. The largest absolute Gasteiger partial charge is 0.491 e. The molecule has 40 heavy (non-hydrogen) atoms. The van der Waals surface area contributed by atoms with E-state index in [9.17, 15) is 0 Å². The average molecular weight is 561 g/mol. The average Bonchev–Trinajstić information content (AvgIpc) is 3.05. The molecule has 0 saturated heterocycles. The maximum Gasteiger partial charge on any atom is 0.181 e. The van der Waals surface area contributed by atoms with E-state index in [-0.39, 0.29) is 0 Å². The second kappa shape index (κ2) is 12.5. The molecule has 3 aromatic rings. The Labute approximate surface area is 243 Å². The van der Waals surface area contributed by atoms with E-state index in [2.05, 4.69) is 87.2 Å². The van der Waals surface area contributed by atoms with Crippen molar-refractivity contribution in [1.29, 1.82) is 0 Å². The quantitative estimate of drug-likeness (QED) is 0.414. The molecule has 0 spiro atoms. The van der Waals surface area contributed by atoms with Crippen LogP contribution in [0.25, 0.3) is 18.2 Å². The molecule has 4 rings (SSSR count). The molecule has 8 heteroatoms. The monoisotopic (exact) mass is 560 g/mol. The van der Waals surface area contributed by atoms with E-state index >= 15 is 0 Å². The van der Waals surface area contributed by atoms with Gasteiger partial charge in [0.2, 0.25) is 0 Å². The minimum atomic E-state index is 0.308. The Bertz CT molecular complexity index is 1510. The van der Waals surface area contributed by atoms with Crippen LogP contribution in [0.3, 0.4) is 0 Å². The van der Waals surface area contributed by atoms with Gasteiger partial charge in [-0.1, -0.05) is 58.1 Å². The summed E-state index contributed by atoms with van der Waals surface area (Å²) < 4.78 is 7.25. The number of aromatic nitrogens is 3. The zero-order valence-corrected chi connectivity index (χ0v) is 26.2. The number of ether oxygens (including phenoxy) is 1. The van der Waals surface area contributed by atoms with Gasteiger partial charge in [-0.15, -0.1) is 0 Å². The highest BCUT2D eigenvalue weighted by Crippen LogP contribution is 2.36. The van der Waals surface area contributed by atoms with Gasteiger partial charge in [-0.25, -0.2) is 15.0 Å². The predicted molar refractivity (Wildman–Crippen MR) is 169 cm³/mol. The second-order valence-electron chi connectivity index (χ2n) is 11.4. The highest BCUT2D eigenvalue weighted by molar-refractivity contribution is 7.13. The number of anilines is 2. The summed E-state index contributed by atoms with van der Waals surface area (Å²) in [5.41, 5.74) is 12.8. The number of thiazole rings is 1. The topological polar surface area (TPSA) is 80.4 Å². The Morgan fingerprint density at radius 1 is 1.20 bits per heavy atom. The van der Waals surface area contributed by atoms with Gasteiger partial charge in [0.1, 0.15) is 24.0 Å². The van der Waals surface area contributed by atoms with Crippen molar-refractivity contribution in [2.75, 3.05) is 37.9 Å². The maximum atomic E-state index is 6.37. The number of nitrogens with two attached hydrogens (primary N) is 1. The molecule has 1 aromatic carbocycles. The first-order valence-corrected chi connectivity index (χ1v) is 15.0. The van der Waals surface area contributed by atoms with E-state index in [1.807, 2.05) is 14.1 Å². The van der Waals surface area contributed by atoms with E-state index in [4.69, 9.17) is 20.4 Å². The number of benzene rings is 1. The Morgan fingerprint density at radius 3 is 2.58 bits per heavy atom. The molecule has 3 heterocycles. The second-order valence-corrected chi connectivity index (χ2v) is 12.5. The van der Waals surface area contributed by atoms with Gasteiger partial charge < -0.3 is 20.3 Å². The van der Waals surface area contributed by atoms with Crippen molar-refractivity contribution < 1.29 is 4.74 Å². The van der Waals surface area contributed by atoms with Crippen molar-refractivity contribution in [3.05, 3.63) is 61.9 Å². The molecule has 2 aromatic heterocycles. The molecule has 0 fully saturated rings. The van der Waals surface area contributed by atoms with Gasteiger partial charge in [0.05, 0.1) is 18.4 Å². The number of fused-ring (bicyclic) bond motifs is 1. The Kier molecular flexibility index (Phi) is 9.31. The van der Waals surface area contributed by atoms with Crippen LogP contribution in [0.1, 0.15) is 73.8 Å². The molecular formula is C32H44N6OS. The number of rotatable bonds is 8. The molecule has 7 nitrogen and oxygen atoms in total. The maximum absolute atomic E-state index is 6.37. The Morgan fingerprint density at radius 2 is 1.95 bits per heavy atom. The molecule has 1 aliphatic heterocycles. The third-order valence-corrected chi connectivity index (χ3v) is 8.05. The molecule has 0 bridgehead atoms. The lowest BCUT2D eigenvalue weighted by Gasteiger charge is -2.27. The molecule has 1 atom stereocenters. The van der Waals surface area contributed by atoms with Crippen LogP contribution in [0.2, 0.25) is 0 Å². The number of allylic oxidation sites excluding steroid dienone is 2. The summed E-state index contributed by atoms with van der Waals surface area (Å²) >= 11 is 1.42. The van der Waals surface area contributed by atoms with Gasteiger partial charge in [-0.3, -0.25) is 0 Å². The van der Waals surface area contributed by atoms with Gasteiger partial charge in [0.25, 0.3) is 0 Å². The zero-order valence-electron chi connectivity index (χ0n) is 25.3. The highest BCUT2D eigenvalue weighted by Gasteiger charge is 2.25. The number of nitrogens with zero attached hydrogens (tertiary/aromatic N) is 5. The fourth-order valence-electron chi connectivity index (χ4n) is 5.25. The van der Waals surface area contributed by atoms with Gasteiger partial charge in [0, 0.05) is 27.9 Å². The van der Waals surface area contributed by atoms with E-state index in [1.165, 1.54) is 16.9 Å². The van der Waals surface area contributed by atoms with E-state index in [0.29, 0.717) is 36.7 Å². The standard InChI is InChI=1S/C32H44N6OS/c1-10-20(4)13-24(16-27-23(7)40-32(33)35-27)25-14-21(5)30-26(15-25)17-38(11-12-39-30)31-29(19(2)3)22(6)34-28(36-31)18-37(8)9/h13-16,19-20H,7,10-12,17-18H2,1-6,8-9H3,(H2,33,35). The van der Waals surface area contributed by atoms with Gasteiger partial charge >= 0.3 is 0 Å². The molecule has 1 unspecified atom stereocenters. The van der Waals surface area contributed by atoms with E-state index in [0.717, 1.165) is 68.2 Å². The van der Waals surface area contributed by atoms with Crippen LogP contribution < -0.4 is 25.3 Å². The highest BCUT2D eigenvalue weighted by atomic mass is 32.1. The molecule has 0 radical (unpaired) electrons. The van der Waals surface area contributed by atoms with Crippen LogP contribution in [0.5, 0.6) is 5.75 Å². The summed E-state index contributed by atoms with van der Waals surface area (Å²) in [6.45, 7) is 20.1. The van der Waals surface area contributed by atoms with Crippen molar-refractivity contribution in [2.24, 2.45) is 5.92 Å². The van der Waals surface area contributed by atoms with Gasteiger partial charge in [0.15, 0.2) is 5.13 Å². The van der Waals surface area contributed by atoms with Gasteiger partial charge in [-0.05, 0) is 74.7 Å². The third kappa shape index (κ3) is 6.73. The van der Waals surface area contributed by atoms with Crippen LogP contribution in [0.15, 0.2) is 18.2 Å². The van der Waals surface area contributed by atoms with Crippen LogP contribution in [0.4, 0.5) is 10.9 Å². The van der Waals surface area contributed by atoms with Crippen molar-refractivity contribution in [1.82, 2.24) is 19.9 Å². The summed E-state index contributed by atoms with van der Waals surface area (Å²) in [4.78, 5) is 19.0. The number of nitrogen functional groups attached to an aromatic ring is 1. The van der Waals surface area contributed by atoms with Crippen molar-refractivity contribution in [2.45, 2.75) is 67.0 Å². The molecule has 0 aliphatic carbocycles.